The van der Waals surface area contributed by atoms with Crippen molar-refractivity contribution < 1.29 is 9.21 Å². The molecule has 0 bridgehead atoms. The van der Waals surface area contributed by atoms with E-state index in [0.717, 1.165) is 28.1 Å². The van der Waals surface area contributed by atoms with Crippen molar-refractivity contribution in [3.8, 4) is 11.3 Å². The number of hydrogen-bond donors (Lipinski definition) is 2. The first kappa shape index (κ1) is 18.6. The maximum Gasteiger partial charge on any atom is 0.250 e. The van der Waals surface area contributed by atoms with Crippen LogP contribution in [0.25, 0.3) is 17.4 Å². The SMILES string of the molecule is Cc1ccc(C)c(NC(=S)NC(=O)/C=C/c2ccc(-c3ccccc3)o2)c1. The van der Waals surface area contributed by atoms with Crippen molar-refractivity contribution in [1.82, 2.24) is 5.32 Å². The Balaban J connectivity index is 1.58. The standard InChI is InChI=1S/C22H20N2O2S/c1-15-8-9-16(2)19(14-15)23-22(27)24-21(25)13-11-18-10-12-20(26-18)17-6-4-3-5-7-17/h3-14H,1-2H3,(H2,23,24,25,27)/b13-11+. The Morgan fingerprint density at radius 2 is 1.81 bits per heavy atom. The summed E-state index contributed by atoms with van der Waals surface area (Å²) in [6, 6.07) is 19.5. The number of rotatable bonds is 4. The summed E-state index contributed by atoms with van der Waals surface area (Å²) in [6.45, 7) is 3.98. The zero-order valence-corrected chi connectivity index (χ0v) is 16.0. The molecule has 1 aromatic heterocycles. The third-order valence-corrected chi connectivity index (χ3v) is 4.17. The normalized spacial score (nSPS) is 10.7. The van der Waals surface area contributed by atoms with Crippen LogP contribution in [0.2, 0.25) is 0 Å². The van der Waals surface area contributed by atoms with Crippen LogP contribution in [0.3, 0.4) is 0 Å². The molecule has 0 unspecified atom stereocenters. The van der Waals surface area contributed by atoms with Crippen molar-refractivity contribution in [2.45, 2.75) is 13.8 Å². The molecule has 1 heterocycles. The second-order valence-electron chi connectivity index (χ2n) is 6.16. The van der Waals surface area contributed by atoms with Gasteiger partial charge in [-0.3, -0.25) is 10.1 Å². The van der Waals surface area contributed by atoms with Gasteiger partial charge in [0.15, 0.2) is 5.11 Å². The van der Waals surface area contributed by atoms with Crippen molar-refractivity contribution in [3.63, 3.8) is 0 Å². The number of furan rings is 1. The van der Waals surface area contributed by atoms with Crippen LogP contribution in [0.4, 0.5) is 5.69 Å². The number of carbonyl (C=O) groups is 1. The molecule has 0 spiro atoms. The van der Waals surface area contributed by atoms with Gasteiger partial charge in [-0.2, -0.15) is 0 Å². The van der Waals surface area contributed by atoms with Crippen LogP contribution >= 0.6 is 12.2 Å². The molecule has 0 aliphatic heterocycles. The van der Waals surface area contributed by atoms with E-state index in [4.69, 9.17) is 16.6 Å². The smallest absolute Gasteiger partial charge is 0.250 e. The molecule has 4 nitrogen and oxygen atoms in total. The molecule has 136 valence electrons. The minimum Gasteiger partial charge on any atom is -0.457 e. The summed E-state index contributed by atoms with van der Waals surface area (Å²) >= 11 is 5.21. The molecule has 3 rings (SSSR count). The summed E-state index contributed by atoms with van der Waals surface area (Å²) in [4.78, 5) is 12.1. The summed E-state index contributed by atoms with van der Waals surface area (Å²) in [5.41, 5.74) is 4.03. The minimum atomic E-state index is -0.324. The number of hydrogen-bond acceptors (Lipinski definition) is 3. The Morgan fingerprint density at radius 1 is 1.04 bits per heavy atom. The van der Waals surface area contributed by atoms with Gasteiger partial charge < -0.3 is 9.73 Å². The second-order valence-corrected chi connectivity index (χ2v) is 6.57. The monoisotopic (exact) mass is 376 g/mol. The predicted octanol–water partition coefficient (Wildman–Crippen LogP) is 5.09. The number of nitrogens with one attached hydrogen (secondary N) is 2. The molecule has 1 amide bonds. The van der Waals surface area contributed by atoms with Crippen molar-refractivity contribution >= 4 is 35.0 Å². The quantitative estimate of drug-likeness (QED) is 0.492. The molecule has 0 radical (unpaired) electrons. The van der Waals surface area contributed by atoms with Gasteiger partial charge in [0.2, 0.25) is 5.91 Å². The Kier molecular flexibility index (Phi) is 5.84. The highest BCUT2D eigenvalue weighted by Gasteiger charge is 2.06. The minimum absolute atomic E-state index is 0.253. The second kappa shape index (κ2) is 8.47. The molecule has 0 aliphatic carbocycles. The number of anilines is 1. The van der Waals surface area contributed by atoms with Crippen LogP contribution in [-0.2, 0) is 4.79 Å². The molecule has 0 saturated carbocycles. The van der Waals surface area contributed by atoms with Crippen LogP contribution in [-0.4, -0.2) is 11.0 Å². The zero-order valence-electron chi connectivity index (χ0n) is 15.2. The molecular formula is C22H20N2O2S. The van der Waals surface area contributed by atoms with E-state index in [0.29, 0.717) is 5.76 Å². The maximum atomic E-state index is 12.1. The Bertz CT molecular complexity index is 991. The lowest BCUT2D eigenvalue weighted by Crippen LogP contribution is -2.33. The first-order valence-corrected chi connectivity index (χ1v) is 8.94. The van der Waals surface area contributed by atoms with Gasteiger partial charge in [0.25, 0.3) is 0 Å². The molecular weight excluding hydrogens is 356 g/mol. The van der Waals surface area contributed by atoms with Crippen LogP contribution in [0.5, 0.6) is 0 Å². The van der Waals surface area contributed by atoms with Crippen molar-refractivity contribution in [3.05, 3.63) is 83.6 Å². The fraction of sp³-hybridized carbons (Fsp3) is 0.0909. The lowest BCUT2D eigenvalue weighted by atomic mass is 10.1. The maximum absolute atomic E-state index is 12.1. The van der Waals surface area contributed by atoms with Gasteiger partial charge in [0, 0.05) is 17.3 Å². The van der Waals surface area contributed by atoms with E-state index in [1.165, 1.54) is 6.08 Å². The molecule has 2 aromatic carbocycles. The first-order valence-electron chi connectivity index (χ1n) is 8.54. The highest BCUT2D eigenvalue weighted by atomic mass is 32.1. The number of carbonyl (C=O) groups excluding carboxylic acids is 1. The topological polar surface area (TPSA) is 54.3 Å². The third-order valence-electron chi connectivity index (χ3n) is 3.96. The van der Waals surface area contributed by atoms with E-state index in [9.17, 15) is 4.79 Å². The number of aryl methyl sites for hydroxylation is 2. The lowest BCUT2D eigenvalue weighted by molar-refractivity contribution is -0.115. The third kappa shape index (κ3) is 5.15. The van der Waals surface area contributed by atoms with Gasteiger partial charge in [0.05, 0.1) is 0 Å². The fourth-order valence-corrected chi connectivity index (χ4v) is 2.75. The summed E-state index contributed by atoms with van der Waals surface area (Å²) < 4.78 is 5.73. The molecule has 0 saturated heterocycles. The van der Waals surface area contributed by atoms with Crippen LogP contribution in [0, 0.1) is 13.8 Å². The van der Waals surface area contributed by atoms with E-state index in [2.05, 4.69) is 10.6 Å². The van der Waals surface area contributed by atoms with Crippen molar-refractivity contribution in [2.75, 3.05) is 5.32 Å². The predicted molar refractivity (Wildman–Crippen MR) is 113 cm³/mol. The highest BCUT2D eigenvalue weighted by molar-refractivity contribution is 7.80. The van der Waals surface area contributed by atoms with Crippen molar-refractivity contribution in [2.24, 2.45) is 0 Å². The van der Waals surface area contributed by atoms with Gasteiger partial charge in [0.1, 0.15) is 11.5 Å². The van der Waals surface area contributed by atoms with E-state index in [1.54, 1.807) is 6.08 Å². The van der Waals surface area contributed by atoms with E-state index < -0.39 is 0 Å². The van der Waals surface area contributed by atoms with E-state index in [1.807, 2.05) is 74.5 Å². The highest BCUT2D eigenvalue weighted by Crippen LogP contribution is 2.22. The zero-order chi connectivity index (χ0) is 19.2. The molecule has 0 fully saturated rings. The molecule has 0 aliphatic rings. The molecule has 2 N–H and O–H groups in total. The van der Waals surface area contributed by atoms with Gasteiger partial charge in [-0.05, 0) is 61.5 Å². The summed E-state index contributed by atoms with van der Waals surface area (Å²) in [5, 5.41) is 5.94. The largest absolute Gasteiger partial charge is 0.457 e. The Labute approximate surface area is 163 Å². The molecule has 27 heavy (non-hydrogen) atoms. The van der Waals surface area contributed by atoms with Gasteiger partial charge in [-0.1, -0.05) is 42.5 Å². The molecule has 0 atom stereocenters. The summed E-state index contributed by atoms with van der Waals surface area (Å²) in [6.07, 6.45) is 3.01. The van der Waals surface area contributed by atoms with Gasteiger partial charge in [-0.15, -0.1) is 0 Å². The van der Waals surface area contributed by atoms with E-state index >= 15 is 0 Å². The Morgan fingerprint density at radius 3 is 2.59 bits per heavy atom. The van der Waals surface area contributed by atoms with Gasteiger partial charge >= 0.3 is 0 Å². The van der Waals surface area contributed by atoms with Gasteiger partial charge in [-0.25, -0.2) is 0 Å². The average molecular weight is 376 g/mol. The van der Waals surface area contributed by atoms with Crippen LogP contribution < -0.4 is 10.6 Å². The molecule has 5 heteroatoms. The Hall–Kier alpha value is -3.18. The van der Waals surface area contributed by atoms with Crippen molar-refractivity contribution in [1.29, 1.82) is 0 Å². The van der Waals surface area contributed by atoms with E-state index in [-0.39, 0.29) is 11.0 Å². The summed E-state index contributed by atoms with van der Waals surface area (Å²) in [5.74, 6) is 1.02. The number of thiocarbonyl (C=S) groups is 1. The van der Waals surface area contributed by atoms with Crippen LogP contribution in [0.15, 0.2) is 71.2 Å². The first-order chi connectivity index (χ1) is 13.0. The number of benzene rings is 2. The fourth-order valence-electron chi connectivity index (χ4n) is 2.54. The number of amides is 1. The van der Waals surface area contributed by atoms with Crippen LogP contribution in [0.1, 0.15) is 16.9 Å². The lowest BCUT2D eigenvalue weighted by Gasteiger charge is -2.11. The average Bonchev–Trinajstić information content (AvgIpc) is 3.13. The summed E-state index contributed by atoms with van der Waals surface area (Å²) in [7, 11) is 0. The molecule has 3 aromatic rings.